The quantitative estimate of drug-likeness (QED) is 0.774. The van der Waals surface area contributed by atoms with Gasteiger partial charge in [-0.1, -0.05) is 19.4 Å². The zero-order chi connectivity index (χ0) is 13.1. The van der Waals surface area contributed by atoms with E-state index in [0.717, 1.165) is 17.8 Å². The molecule has 4 atom stereocenters. The molecule has 2 bridgehead atoms. The Morgan fingerprint density at radius 1 is 1.37 bits per heavy atom. The van der Waals surface area contributed by atoms with Crippen molar-refractivity contribution >= 4 is 11.3 Å². The molecule has 2 heteroatoms. The SMILES string of the molecule is CCCNC(Cc1cccs1)CC1CC2CCC1C2. The third kappa shape index (κ3) is 3.41. The van der Waals surface area contributed by atoms with Gasteiger partial charge in [0, 0.05) is 10.9 Å². The molecule has 1 nitrogen and oxygen atoms in total. The second kappa shape index (κ2) is 6.41. The first-order valence-corrected chi connectivity index (χ1v) is 8.99. The number of hydrogen-bond acceptors (Lipinski definition) is 2. The second-order valence-electron chi connectivity index (χ2n) is 6.61. The molecule has 2 aliphatic rings. The van der Waals surface area contributed by atoms with Crippen molar-refractivity contribution in [2.45, 2.75) is 57.9 Å². The van der Waals surface area contributed by atoms with E-state index in [4.69, 9.17) is 0 Å². The van der Waals surface area contributed by atoms with E-state index in [1.54, 1.807) is 11.3 Å². The molecule has 4 unspecified atom stereocenters. The molecular formula is C17H27NS. The number of fused-ring (bicyclic) bond motifs is 2. The van der Waals surface area contributed by atoms with Gasteiger partial charge in [0.25, 0.3) is 0 Å². The summed E-state index contributed by atoms with van der Waals surface area (Å²) in [5, 5.41) is 6.01. The van der Waals surface area contributed by atoms with Crippen LogP contribution in [0, 0.1) is 17.8 Å². The molecule has 1 aromatic heterocycles. The van der Waals surface area contributed by atoms with Crippen LogP contribution in [0.4, 0.5) is 0 Å². The molecule has 1 N–H and O–H groups in total. The van der Waals surface area contributed by atoms with Crippen LogP contribution in [0.3, 0.4) is 0 Å². The van der Waals surface area contributed by atoms with Crippen LogP contribution in [0.5, 0.6) is 0 Å². The lowest BCUT2D eigenvalue weighted by atomic mass is 9.83. The fourth-order valence-corrected chi connectivity index (χ4v) is 5.08. The Kier molecular flexibility index (Phi) is 4.60. The molecule has 19 heavy (non-hydrogen) atoms. The maximum Gasteiger partial charge on any atom is 0.0118 e. The Labute approximate surface area is 121 Å². The maximum absolute atomic E-state index is 3.80. The van der Waals surface area contributed by atoms with E-state index in [9.17, 15) is 0 Å². The van der Waals surface area contributed by atoms with Crippen molar-refractivity contribution in [3.05, 3.63) is 22.4 Å². The molecule has 2 aliphatic carbocycles. The van der Waals surface area contributed by atoms with Crippen molar-refractivity contribution in [1.29, 1.82) is 0 Å². The van der Waals surface area contributed by atoms with E-state index < -0.39 is 0 Å². The summed E-state index contributed by atoms with van der Waals surface area (Å²) in [4.78, 5) is 1.55. The fraction of sp³-hybridized carbons (Fsp3) is 0.765. The zero-order valence-electron chi connectivity index (χ0n) is 12.1. The van der Waals surface area contributed by atoms with Crippen molar-refractivity contribution in [3.8, 4) is 0 Å². The molecule has 0 aliphatic heterocycles. The van der Waals surface area contributed by atoms with Crippen LogP contribution >= 0.6 is 11.3 Å². The van der Waals surface area contributed by atoms with E-state index in [1.807, 2.05) is 11.3 Å². The van der Waals surface area contributed by atoms with Crippen LogP contribution < -0.4 is 5.32 Å². The van der Waals surface area contributed by atoms with Gasteiger partial charge in [0.2, 0.25) is 0 Å². The predicted octanol–water partition coefficient (Wildman–Crippen LogP) is 4.49. The maximum atomic E-state index is 3.80. The summed E-state index contributed by atoms with van der Waals surface area (Å²) in [5.74, 6) is 3.18. The van der Waals surface area contributed by atoms with Gasteiger partial charge in [0.05, 0.1) is 0 Å². The number of nitrogens with one attached hydrogen (secondary N) is 1. The Bertz CT molecular complexity index is 373. The lowest BCUT2D eigenvalue weighted by molar-refractivity contribution is 0.277. The third-order valence-corrected chi connectivity index (χ3v) is 6.08. The summed E-state index contributed by atoms with van der Waals surface area (Å²) in [6.45, 7) is 3.45. The fourth-order valence-electron chi connectivity index (χ4n) is 4.29. The average Bonchev–Trinajstić information content (AvgIpc) is 3.12. The average molecular weight is 277 g/mol. The van der Waals surface area contributed by atoms with Crippen LogP contribution in [-0.2, 0) is 6.42 Å². The van der Waals surface area contributed by atoms with Crippen LogP contribution in [0.2, 0.25) is 0 Å². The van der Waals surface area contributed by atoms with Crippen molar-refractivity contribution < 1.29 is 0 Å². The Morgan fingerprint density at radius 3 is 2.95 bits per heavy atom. The molecule has 1 heterocycles. The van der Waals surface area contributed by atoms with Crippen LogP contribution in [0.25, 0.3) is 0 Å². The number of rotatable bonds is 7. The highest BCUT2D eigenvalue weighted by atomic mass is 32.1. The lowest BCUT2D eigenvalue weighted by Crippen LogP contribution is -2.34. The molecular weight excluding hydrogens is 250 g/mol. The van der Waals surface area contributed by atoms with Gasteiger partial charge in [-0.2, -0.15) is 0 Å². The van der Waals surface area contributed by atoms with Gasteiger partial charge in [-0.25, -0.2) is 0 Å². The van der Waals surface area contributed by atoms with Gasteiger partial charge in [-0.05, 0) is 74.3 Å². The van der Waals surface area contributed by atoms with E-state index in [-0.39, 0.29) is 0 Å². The number of hydrogen-bond donors (Lipinski definition) is 1. The van der Waals surface area contributed by atoms with Gasteiger partial charge in [-0.15, -0.1) is 11.3 Å². The first-order valence-electron chi connectivity index (χ1n) is 8.11. The predicted molar refractivity (Wildman–Crippen MR) is 83.7 cm³/mol. The normalized spacial score (nSPS) is 30.9. The Morgan fingerprint density at radius 2 is 2.32 bits per heavy atom. The molecule has 0 saturated heterocycles. The smallest absolute Gasteiger partial charge is 0.0118 e. The van der Waals surface area contributed by atoms with Gasteiger partial charge in [0.15, 0.2) is 0 Å². The van der Waals surface area contributed by atoms with E-state index in [2.05, 4.69) is 29.8 Å². The van der Waals surface area contributed by atoms with Crippen LogP contribution in [0.1, 0.15) is 50.3 Å². The summed E-state index contributed by atoms with van der Waals surface area (Å²) in [7, 11) is 0. The summed E-state index contributed by atoms with van der Waals surface area (Å²) in [6, 6.07) is 5.20. The van der Waals surface area contributed by atoms with Crippen molar-refractivity contribution in [1.82, 2.24) is 5.32 Å². The van der Waals surface area contributed by atoms with Crippen molar-refractivity contribution in [3.63, 3.8) is 0 Å². The first-order chi connectivity index (χ1) is 9.35. The van der Waals surface area contributed by atoms with Gasteiger partial charge in [0.1, 0.15) is 0 Å². The third-order valence-electron chi connectivity index (χ3n) is 5.18. The Balaban J connectivity index is 1.55. The standard InChI is InChI=1S/C17H27NS/c1-2-7-18-16(12-17-4-3-8-19-17)11-15-10-13-5-6-14(15)9-13/h3-4,8,13-16,18H,2,5-7,9-12H2,1H3. The van der Waals surface area contributed by atoms with Crippen molar-refractivity contribution in [2.75, 3.05) is 6.54 Å². The molecule has 2 fully saturated rings. The van der Waals surface area contributed by atoms with Crippen LogP contribution in [0.15, 0.2) is 17.5 Å². The molecule has 0 amide bonds. The summed E-state index contributed by atoms with van der Waals surface area (Å²) in [5.41, 5.74) is 0. The second-order valence-corrected chi connectivity index (χ2v) is 7.64. The highest BCUT2D eigenvalue weighted by Crippen LogP contribution is 2.50. The summed E-state index contributed by atoms with van der Waals surface area (Å²) < 4.78 is 0. The molecule has 3 rings (SSSR count). The van der Waals surface area contributed by atoms with Crippen LogP contribution in [-0.4, -0.2) is 12.6 Å². The lowest BCUT2D eigenvalue weighted by Gasteiger charge is -2.27. The highest BCUT2D eigenvalue weighted by molar-refractivity contribution is 7.09. The minimum absolute atomic E-state index is 0.711. The first kappa shape index (κ1) is 13.6. The minimum atomic E-state index is 0.711. The van der Waals surface area contributed by atoms with Crippen molar-refractivity contribution in [2.24, 2.45) is 17.8 Å². The Hall–Kier alpha value is -0.340. The van der Waals surface area contributed by atoms with Gasteiger partial charge >= 0.3 is 0 Å². The zero-order valence-corrected chi connectivity index (χ0v) is 12.9. The molecule has 0 spiro atoms. The number of thiophene rings is 1. The molecule has 1 aromatic rings. The van der Waals surface area contributed by atoms with E-state index >= 15 is 0 Å². The monoisotopic (exact) mass is 277 g/mol. The van der Waals surface area contributed by atoms with E-state index in [0.29, 0.717) is 6.04 Å². The molecule has 2 saturated carbocycles. The summed E-state index contributed by atoms with van der Waals surface area (Å²) in [6.07, 6.45) is 10.0. The largest absolute Gasteiger partial charge is 0.314 e. The van der Waals surface area contributed by atoms with Gasteiger partial charge < -0.3 is 5.32 Å². The minimum Gasteiger partial charge on any atom is -0.314 e. The molecule has 0 radical (unpaired) electrons. The topological polar surface area (TPSA) is 12.0 Å². The molecule has 0 aromatic carbocycles. The molecule has 106 valence electrons. The summed E-state index contributed by atoms with van der Waals surface area (Å²) >= 11 is 1.92. The highest BCUT2D eigenvalue weighted by Gasteiger charge is 2.39. The van der Waals surface area contributed by atoms with Gasteiger partial charge in [-0.3, -0.25) is 0 Å². The van der Waals surface area contributed by atoms with E-state index in [1.165, 1.54) is 45.1 Å².